The Labute approximate surface area is 80.0 Å². The van der Waals surface area contributed by atoms with Crippen LogP contribution in [0.15, 0.2) is 0 Å². The minimum Gasteiger partial charge on any atom is -0.375 e. The van der Waals surface area contributed by atoms with Crippen LogP contribution in [-0.4, -0.2) is 39.8 Å². The van der Waals surface area contributed by atoms with Gasteiger partial charge in [-0.25, -0.2) is 0 Å². The molecule has 0 atom stereocenters. The number of amides is 1. The Balaban J connectivity index is 3.02. The monoisotopic (exact) mass is 188 g/mol. The first-order chi connectivity index (χ1) is 6.31. The molecule has 4 heteroatoms. The molecule has 0 aromatic carbocycles. The van der Waals surface area contributed by atoms with Crippen LogP contribution in [-0.2, 0) is 9.53 Å². The average Bonchev–Trinajstić information content (AvgIpc) is 2.11. The fourth-order valence-electron chi connectivity index (χ4n) is 1.01. The molecule has 2 N–H and O–H groups in total. The van der Waals surface area contributed by atoms with E-state index in [0.29, 0.717) is 0 Å². The molecular formula is C9H20N2O2. The smallest absolute Gasteiger partial charge is 0.245 e. The van der Waals surface area contributed by atoms with Gasteiger partial charge in [0.05, 0.1) is 0 Å². The molecule has 0 aromatic rings. The highest BCUT2D eigenvalue weighted by Crippen LogP contribution is 1.91. The van der Waals surface area contributed by atoms with Gasteiger partial charge in [-0.3, -0.25) is 4.79 Å². The summed E-state index contributed by atoms with van der Waals surface area (Å²) in [6.45, 7) is 1.97. The van der Waals surface area contributed by atoms with Crippen LogP contribution >= 0.6 is 0 Å². The van der Waals surface area contributed by atoms with Crippen molar-refractivity contribution in [2.24, 2.45) is 0 Å². The van der Waals surface area contributed by atoms with Crippen molar-refractivity contribution in [2.45, 2.75) is 19.3 Å². The van der Waals surface area contributed by atoms with Gasteiger partial charge >= 0.3 is 0 Å². The molecule has 1 amide bonds. The van der Waals surface area contributed by atoms with Crippen molar-refractivity contribution in [1.82, 2.24) is 10.6 Å². The van der Waals surface area contributed by atoms with Gasteiger partial charge in [0.2, 0.25) is 5.91 Å². The van der Waals surface area contributed by atoms with E-state index in [1.54, 1.807) is 0 Å². The molecule has 0 aliphatic heterocycles. The third kappa shape index (κ3) is 9.30. The SMILES string of the molecule is CNCCCCCNC(=O)COC. The second kappa shape index (κ2) is 9.48. The highest BCUT2D eigenvalue weighted by atomic mass is 16.5. The summed E-state index contributed by atoms with van der Waals surface area (Å²) in [5.74, 6) is -0.0314. The maximum atomic E-state index is 10.9. The Kier molecular flexibility index (Phi) is 9.03. The van der Waals surface area contributed by atoms with E-state index in [1.807, 2.05) is 7.05 Å². The standard InChI is InChI=1S/C9H20N2O2/c1-10-6-4-3-5-7-11-9(12)8-13-2/h10H,3-8H2,1-2H3,(H,11,12). The van der Waals surface area contributed by atoms with Crippen molar-refractivity contribution >= 4 is 5.91 Å². The molecule has 13 heavy (non-hydrogen) atoms. The van der Waals surface area contributed by atoms with Crippen LogP contribution in [0, 0.1) is 0 Å². The summed E-state index contributed by atoms with van der Waals surface area (Å²) in [5, 5.41) is 5.86. The van der Waals surface area contributed by atoms with Crippen LogP contribution < -0.4 is 10.6 Å². The number of hydrogen-bond donors (Lipinski definition) is 2. The van der Waals surface area contributed by atoms with Crippen LogP contribution in [0.5, 0.6) is 0 Å². The van der Waals surface area contributed by atoms with Gasteiger partial charge in [-0.1, -0.05) is 6.42 Å². The van der Waals surface area contributed by atoms with Gasteiger partial charge in [-0.15, -0.1) is 0 Å². The molecule has 0 spiro atoms. The molecule has 0 saturated heterocycles. The van der Waals surface area contributed by atoms with E-state index in [1.165, 1.54) is 7.11 Å². The zero-order chi connectivity index (χ0) is 9.94. The molecule has 0 aliphatic rings. The number of rotatable bonds is 8. The van der Waals surface area contributed by atoms with Crippen LogP contribution in [0.4, 0.5) is 0 Å². The van der Waals surface area contributed by atoms with Crippen molar-refractivity contribution in [2.75, 3.05) is 33.9 Å². The first kappa shape index (κ1) is 12.4. The number of ether oxygens (including phenoxy) is 1. The van der Waals surface area contributed by atoms with Gasteiger partial charge < -0.3 is 15.4 Å². The summed E-state index contributed by atoms with van der Waals surface area (Å²) in [6.07, 6.45) is 3.35. The second-order valence-electron chi connectivity index (χ2n) is 2.95. The Morgan fingerprint density at radius 2 is 1.92 bits per heavy atom. The van der Waals surface area contributed by atoms with Gasteiger partial charge in [-0.05, 0) is 26.4 Å². The average molecular weight is 188 g/mol. The van der Waals surface area contributed by atoms with Crippen LogP contribution in [0.1, 0.15) is 19.3 Å². The van der Waals surface area contributed by atoms with E-state index in [2.05, 4.69) is 15.4 Å². The summed E-state index contributed by atoms with van der Waals surface area (Å²) >= 11 is 0. The van der Waals surface area contributed by atoms with Crippen molar-refractivity contribution in [1.29, 1.82) is 0 Å². The predicted molar refractivity (Wildman–Crippen MR) is 52.7 cm³/mol. The number of carbonyl (C=O) groups excluding carboxylic acids is 1. The van der Waals surface area contributed by atoms with Crippen molar-refractivity contribution in [3.63, 3.8) is 0 Å². The molecule has 0 radical (unpaired) electrons. The van der Waals surface area contributed by atoms with E-state index in [0.717, 1.165) is 32.4 Å². The molecule has 4 nitrogen and oxygen atoms in total. The summed E-state index contributed by atoms with van der Waals surface area (Å²) in [4.78, 5) is 10.9. The van der Waals surface area contributed by atoms with Crippen LogP contribution in [0.3, 0.4) is 0 Å². The van der Waals surface area contributed by atoms with Crippen molar-refractivity contribution < 1.29 is 9.53 Å². The minimum absolute atomic E-state index is 0.0314. The molecule has 0 unspecified atom stereocenters. The van der Waals surface area contributed by atoms with Gasteiger partial charge in [0, 0.05) is 13.7 Å². The summed E-state index contributed by atoms with van der Waals surface area (Å²) < 4.78 is 4.68. The normalized spacial score (nSPS) is 10.0. The zero-order valence-corrected chi connectivity index (χ0v) is 8.56. The molecule has 0 aromatic heterocycles. The van der Waals surface area contributed by atoms with E-state index in [4.69, 9.17) is 0 Å². The Morgan fingerprint density at radius 1 is 1.23 bits per heavy atom. The molecular weight excluding hydrogens is 168 g/mol. The Bertz CT molecular complexity index is 129. The lowest BCUT2D eigenvalue weighted by atomic mass is 10.2. The van der Waals surface area contributed by atoms with Crippen LogP contribution in [0.2, 0.25) is 0 Å². The number of unbranched alkanes of at least 4 members (excludes halogenated alkanes) is 2. The largest absolute Gasteiger partial charge is 0.375 e. The van der Waals surface area contributed by atoms with Crippen molar-refractivity contribution in [3.05, 3.63) is 0 Å². The minimum atomic E-state index is -0.0314. The molecule has 0 aliphatic carbocycles. The van der Waals surface area contributed by atoms with E-state index >= 15 is 0 Å². The van der Waals surface area contributed by atoms with Gasteiger partial charge in [0.15, 0.2) is 0 Å². The number of methoxy groups -OCH3 is 1. The number of nitrogens with one attached hydrogen (secondary N) is 2. The molecule has 78 valence electrons. The Morgan fingerprint density at radius 3 is 2.54 bits per heavy atom. The fourth-order valence-corrected chi connectivity index (χ4v) is 1.01. The molecule has 0 rings (SSSR count). The lowest BCUT2D eigenvalue weighted by Crippen LogP contribution is -2.28. The van der Waals surface area contributed by atoms with Crippen molar-refractivity contribution in [3.8, 4) is 0 Å². The highest BCUT2D eigenvalue weighted by Gasteiger charge is 1.97. The molecule has 0 saturated carbocycles. The third-order valence-corrected chi connectivity index (χ3v) is 1.70. The topological polar surface area (TPSA) is 50.4 Å². The first-order valence-electron chi connectivity index (χ1n) is 4.71. The highest BCUT2D eigenvalue weighted by molar-refractivity contribution is 5.77. The first-order valence-corrected chi connectivity index (χ1v) is 4.71. The van der Waals surface area contributed by atoms with Crippen LogP contribution in [0.25, 0.3) is 0 Å². The molecule has 0 heterocycles. The van der Waals surface area contributed by atoms with Gasteiger partial charge in [0.25, 0.3) is 0 Å². The zero-order valence-electron chi connectivity index (χ0n) is 8.56. The third-order valence-electron chi connectivity index (χ3n) is 1.70. The van der Waals surface area contributed by atoms with E-state index in [9.17, 15) is 4.79 Å². The molecule has 0 fully saturated rings. The van der Waals surface area contributed by atoms with E-state index < -0.39 is 0 Å². The lowest BCUT2D eigenvalue weighted by molar-refractivity contribution is -0.124. The van der Waals surface area contributed by atoms with Gasteiger partial charge in [0.1, 0.15) is 6.61 Å². The van der Waals surface area contributed by atoms with Gasteiger partial charge in [-0.2, -0.15) is 0 Å². The fraction of sp³-hybridized carbons (Fsp3) is 0.889. The Hall–Kier alpha value is -0.610. The second-order valence-corrected chi connectivity index (χ2v) is 2.95. The number of hydrogen-bond acceptors (Lipinski definition) is 3. The summed E-state index contributed by atoms with van der Waals surface area (Å²) in [6, 6.07) is 0. The summed E-state index contributed by atoms with van der Waals surface area (Å²) in [7, 11) is 3.47. The maximum absolute atomic E-state index is 10.9. The maximum Gasteiger partial charge on any atom is 0.245 e. The quantitative estimate of drug-likeness (QED) is 0.533. The lowest BCUT2D eigenvalue weighted by Gasteiger charge is -2.03. The number of carbonyl (C=O) groups is 1. The van der Waals surface area contributed by atoms with E-state index in [-0.39, 0.29) is 12.5 Å². The predicted octanol–water partition coefficient (Wildman–Crippen LogP) is 0.139. The molecule has 0 bridgehead atoms. The summed E-state index contributed by atoms with van der Waals surface area (Å²) in [5.41, 5.74) is 0.